The summed E-state index contributed by atoms with van der Waals surface area (Å²) in [6, 6.07) is 36.6. The first kappa shape index (κ1) is 41.6. The number of phenolic OH excluding ortho intramolecular Hbond substituents is 4. The molecule has 61 heavy (non-hydrogen) atoms. The SMILES string of the molecule is O=C(Cc1ccc(O)cc1)Nc1ncc(-c2ccc(O)cc2)nc1CC1CCCC1.O=C(Cc1ccc(O)cc1)Nc1ncc(-c2ccc(O)cc2)nc1Cc1ccccc1. The Hall–Kier alpha value is -7.60. The Morgan fingerprint density at radius 1 is 0.508 bits per heavy atom. The Morgan fingerprint density at radius 2 is 0.918 bits per heavy atom. The number of anilines is 2. The molecule has 12 nitrogen and oxygen atoms in total. The quantitative estimate of drug-likeness (QED) is 0.0695. The van der Waals surface area contributed by atoms with Gasteiger partial charge in [0.05, 0.1) is 48.0 Å². The van der Waals surface area contributed by atoms with Gasteiger partial charge in [-0.05, 0) is 102 Å². The summed E-state index contributed by atoms with van der Waals surface area (Å²) in [5.41, 5.74) is 7.17. The molecule has 2 heterocycles. The number of benzene rings is 5. The highest BCUT2D eigenvalue weighted by atomic mass is 16.3. The smallest absolute Gasteiger partial charge is 0.229 e. The maximum absolute atomic E-state index is 12.6. The summed E-state index contributed by atoms with van der Waals surface area (Å²) in [6.07, 6.45) is 9.73. The third kappa shape index (κ3) is 12.0. The molecule has 1 aliphatic rings. The van der Waals surface area contributed by atoms with Crippen LogP contribution in [0.5, 0.6) is 23.0 Å². The molecule has 0 unspecified atom stereocenters. The van der Waals surface area contributed by atoms with Gasteiger partial charge in [-0.2, -0.15) is 0 Å². The van der Waals surface area contributed by atoms with E-state index >= 15 is 0 Å². The standard InChI is InChI=1S/C25H21N3O3.C24H25N3O3/c29-20-10-6-18(7-11-20)15-24(31)28-25-22(14-17-4-2-1-3-5-17)27-23(16-26-25)19-8-12-21(30)13-9-19;28-19-9-5-17(6-10-19)14-23(30)27-24-21(13-16-3-1-2-4-16)26-22(15-25-24)18-7-11-20(29)12-8-18/h1-13,16,29-30H,14-15H2,(H,26,28,31);5-12,15-16,28-29H,1-4,13-14H2,(H,25,27,30). The van der Waals surface area contributed by atoms with Gasteiger partial charge in [-0.3, -0.25) is 9.59 Å². The van der Waals surface area contributed by atoms with Crippen LogP contribution in [0, 0.1) is 5.92 Å². The van der Waals surface area contributed by atoms with E-state index in [1.807, 2.05) is 42.5 Å². The molecule has 0 bridgehead atoms. The zero-order chi connectivity index (χ0) is 42.6. The number of carbonyl (C=O) groups is 2. The number of hydrogen-bond acceptors (Lipinski definition) is 10. The molecule has 12 heteroatoms. The van der Waals surface area contributed by atoms with Gasteiger partial charge in [-0.1, -0.05) is 80.3 Å². The molecular weight excluding hydrogens is 769 g/mol. The van der Waals surface area contributed by atoms with Crippen LogP contribution in [-0.4, -0.2) is 52.2 Å². The monoisotopic (exact) mass is 814 g/mol. The number of hydrogen-bond donors (Lipinski definition) is 6. The Balaban J connectivity index is 0.000000184. The lowest BCUT2D eigenvalue weighted by atomic mass is 10.0. The van der Waals surface area contributed by atoms with Crippen LogP contribution < -0.4 is 10.6 Å². The first-order valence-electron chi connectivity index (χ1n) is 20.1. The van der Waals surface area contributed by atoms with Crippen LogP contribution in [0.15, 0.2) is 140 Å². The number of aromatic nitrogens is 4. The molecule has 0 saturated heterocycles. The number of amides is 2. The lowest BCUT2D eigenvalue weighted by molar-refractivity contribution is -0.116. The van der Waals surface area contributed by atoms with Gasteiger partial charge in [0.2, 0.25) is 11.8 Å². The van der Waals surface area contributed by atoms with E-state index < -0.39 is 0 Å². The first-order valence-corrected chi connectivity index (χ1v) is 20.1. The van der Waals surface area contributed by atoms with Crippen molar-refractivity contribution in [3.63, 3.8) is 0 Å². The van der Waals surface area contributed by atoms with Gasteiger partial charge < -0.3 is 31.1 Å². The van der Waals surface area contributed by atoms with Crippen LogP contribution in [0.4, 0.5) is 11.6 Å². The minimum Gasteiger partial charge on any atom is -0.508 e. The summed E-state index contributed by atoms with van der Waals surface area (Å²) in [4.78, 5) is 43.7. The molecule has 2 aromatic heterocycles. The molecule has 0 spiro atoms. The van der Waals surface area contributed by atoms with Crippen LogP contribution in [0.25, 0.3) is 22.5 Å². The number of phenols is 4. The van der Waals surface area contributed by atoms with Crippen LogP contribution >= 0.6 is 0 Å². The molecule has 0 radical (unpaired) electrons. The van der Waals surface area contributed by atoms with Gasteiger partial charge >= 0.3 is 0 Å². The normalized spacial score (nSPS) is 12.3. The maximum atomic E-state index is 12.6. The van der Waals surface area contributed by atoms with Crippen molar-refractivity contribution in [3.8, 4) is 45.5 Å². The van der Waals surface area contributed by atoms with E-state index in [1.54, 1.807) is 97.3 Å². The molecule has 2 amide bonds. The van der Waals surface area contributed by atoms with Crippen LogP contribution in [-0.2, 0) is 35.3 Å². The topological polar surface area (TPSA) is 191 Å². The molecular formula is C49H46N6O6. The van der Waals surface area contributed by atoms with E-state index in [1.165, 1.54) is 25.7 Å². The number of aromatic hydroxyl groups is 4. The van der Waals surface area contributed by atoms with E-state index in [0.717, 1.165) is 45.6 Å². The second-order valence-corrected chi connectivity index (χ2v) is 15.0. The molecule has 5 aromatic carbocycles. The van der Waals surface area contributed by atoms with E-state index in [-0.39, 0.29) is 47.7 Å². The van der Waals surface area contributed by atoms with Crippen molar-refractivity contribution in [2.24, 2.45) is 5.92 Å². The average molecular weight is 815 g/mol. The fourth-order valence-electron chi connectivity index (χ4n) is 7.10. The van der Waals surface area contributed by atoms with Crippen LogP contribution in [0.1, 0.15) is 53.8 Å². The molecule has 1 aliphatic carbocycles. The third-order valence-corrected chi connectivity index (χ3v) is 10.3. The lowest BCUT2D eigenvalue weighted by Crippen LogP contribution is -2.18. The minimum absolute atomic E-state index is 0.157. The largest absolute Gasteiger partial charge is 0.508 e. The van der Waals surface area contributed by atoms with Crippen molar-refractivity contribution >= 4 is 23.5 Å². The van der Waals surface area contributed by atoms with Crippen LogP contribution in [0.3, 0.4) is 0 Å². The van der Waals surface area contributed by atoms with Crippen molar-refractivity contribution in [2.75, 3.05) is 10.6 Å². The first-order chi connectivity index (χ1) is 29.6. The van der Waals surface area contributed by atoms with Gasteiger partial charge in [-0.15, -0.1) is 0 Å². The second-order valence-electron chi connectivity index (χ2n) is 15.0. The van der Waals surface area contributed by atoms with Gasteiger partial charge in [0.15, 0.2) is 11.6 Å². The highest BCUT2D eigenvalue weighted by Crippen LogP contribution is 2.31. The molecule has 308 valence electrons. The molecule has 7 aromatic rings. The van der Waals surface area contributed by atoms with Crippen molar-refractivity contribution in [2.45, 2.75) is 51.4 Å². The van der Waals surface area contributed by atoms with Gasteiger partial charge in [0, 0.05) is 17.5 Å². The highest BCUT2D eigenvalue weighted by molar-refractivity contribution is 5.92. The second kappa shape index (κ2) is 19.9. The minimum atomic E-state index is -0.216. The van der Waals surface area contributed by atoms with Crippen molar-refractivity contribution < 1.29 is 30.0 Å². The van der Waals surface area contributed by atoms with Crippen LogP contribution in [0.2, 0.25) is 0 Å². The van der Waals surface area contributed by atoms with E-state index in [0.29, 0.717) is 35.4 Å². The number of carbonyl (C=O) groups excluding carboxylic acids is 2. The predicted octanol–water partition coefficient (Wildman–Crippen LogP) is 8.80. The van der Waals surface area contributed by atoms with Crippen molar-refractivity contribution in [3.05, 3.63) is 168 Å². The van der Waals surface area contributed by atoms with E-state index in [4.69, 9.17) is 9.97 Å². The summed E-state index contributed by atoms with van der Waals surface area (Å²) in [5.74, 6) is 1.81. The summed E-state index contributed by atoms with van der Waals surface area (Å²) in [7, 11) is 0. The molecule has 6 N–H and O–H groups in total. The van der Waals surface area contributed by atoms with E-state index in [9.17, 15) is 30.0 Å². The highest BCUT2D eigenvalue weighted by Gasteiger charge is 2.21. The third-order valence-electron chi connectivity index (χ3n) is 10.3. The van der Waals surface area contributed by atoms with Gasteiger partial charge in [-0.25, -0.2) is 19.9 Å². The summed E-state index contributed by atoms with van der Waals surface area (Å²) >= 11 is 0. The Labute approximate surface area is 353 Å². The van der Waals surface area contributed by atoms with Gasteiger partial charge in [0.25, 0.3) is 0 Å². The summed E-state index contributed by atoms with van der Waals surface area (Å²) in [5, 5.41) is 43.7. The van der Waals surface area contributed by atoms with Crippen molar-refractivity contribution in [1.29, 1.82) is 0 Å². The predicted molar refractivity (Wildman–Crippen MR) is 234 cm³/mol. The van der Waals surface area contributed by atoms with Gasteiger partial charge in [0.1, 0.15) is 23.0 Å². The Morgan fingerprint density at radius 3 is 1.38 bits per heavy atom. The molecule has 0 aliphatic heterocycles. The zero-order valence-electron chi connectivity index (χ0n) is 33.4. The number of nitrogens with one attached hydrogen (secondary N) is 2. The summed E-state index contributed by atoms with van der Waals surface area (Å²) in [6.45, 7) is 0. The molecule has 1 fully saturated rings. The molecule has 1 saturated carbocycles. The summed E-state index contributed by atoms with van der Waals surface area (Å²) < 4.78 is 0. The van der Waals surface area contributed by atoms with E-state index in [2.05, 4.69) is 20.6 Å². The fraction of sp³-hybridized carbons (Fsp3) is 0.184. The number of nitrogens with zero attached hydrogens (tertiary/aromatic N) is 4. The maximum Gasteiger partial charge on any atom is 0.229 e. The van der Waals surface area contributed by atoms with Crippen molar-refractivity contribution in [1.82, 2.24) is 19.9 Å². The Kier molecular flexibility index (Phi) is 13.6. The lowest BCUT2D eigenvalue weighted by Gasteiger charge is -2.14. The molecule has 8 rings (SSSR count). The zero-order valence-corrected chi connectivity index (χ0v) is 33.4. The fourth-order valence-corrected chi connectivity index (χ4v) is 7.10. The number of rotatable bonds is 12. The average Bonchev–Trinajstić information content (AvgIpc) is 3.78. The molecule has 0 atom stereocenters. The Bertz CT molecular complexity index is 2550.